The molecule has 2 heterocycles. The van der Waals surface area contributed by atoms with E-state index in [1.54, 1.807) is 0 Å². The van der Waals surface area contributed by atoms with E-state index in [1.165, 1.54) is 12.1 Å². The van der Waals surface area contributed by atoms with Crippen LogP contribution in [0.4, 0.5) is 18.9 Å². The van der Waals surface area contributed by atoms with Crippen molar-refractivity contribution in [3.8, 4) is 5.75 Å². The first-order valence-corrected chi connectivity index (χ1v) is 9.98. The zero-order valence-electron chi connectivity index (χ0n) is 15.1. The first-order valence-electron chi connectivity index (χ1n) is 9.18. The Kier molecular flexibility index (Phi) is 4.10. The largest absolute Gasteiger partial charge is 0.460 e. The highest BCUT2D eigenvalue weighted by atomic mass is 79.9. The van der Waals surface area contributed by atoms with Gasteiger partial charge in [-0.25, -0.2) is 0 Å². The summed E-state index contributed by atoms with van der Waals surface area (Å²) in [5.41, 5.74) is 2.24. The van der Waals surface area contributed by atoms with Crippen LogP contribution in [0.1, 0.15) is 23.1 Å². The van der Waals surface area contributed by atoms with E-state index in [0.29, 0.717) is 6.42 Å². The summed E-state index contributed by atoms with van der Waals surface area (Å²) in [6.07, 6.45) is 7.27. The van der Waals surface area contributed by atoms with Crippen LogP contribution in [-0.4, -0.2) is 5.71 Å². The van der Waals surface area contributed by atoms with Crippen LogP contribution in [0.2, 0.25) is 0 Å². The van der Waals surface area contributed by atoms with Gasteiger partial charge in [0.2, 0.25) is 0 Å². The predicted molar refractivity (Wildman–Crippen MR) is 110 cm³/mol. The van der Waals surface area contributed by atoms with E-state index >= 15 is 0 Å². The molecular formula is C23H15BrF3NO. The van der Waals surface area contributed by atoms with E-state index in [1.807, 2.05) is 18.2 Å². The van der Waals surface area contributed by atoms with E-state index in [-0.39, 0.29) is 0 Å². The highest BCUT2D eigenvalue weighted by molar-refractivity contribution is 9.10. The van der Waals surface area contributed by atoms with Crippen molar-refractivity contribution in [1.82, 2.24) is 0 Å². The minimum absolute atomic E-state index is 0.440. The van der Waals surface area contributed by atoms with Crippen LogP contribution < -0.4 is 4.74 Å². The number of nitrogens with zero attached hydrogens (tertiary/aromatic N) is 1. The predicted octanol–water partition coefficient (Wildman–Crippen LogP) is 6.83. The van der Waals surface area contributed by atoms with E-state index in [9.17, 15) is 13.2 Å². The second-order valence-electron chi connectivity index (χ2n) is 7.28. The fraction of sp³-hybridized carbons (Fsp3) is 0.174. The van der Waals surface area contributed by atoms with Gasteiger partial charge in [0.1, 0.15) is 11.5 Å². The van der Waals surface area contributed by atoms with Gasteiger partial charge < -0.3 is 4.74 Å². The van der Waals surface area contributed by atoms with E-state index < -0.39 is 17.2 Å². The van der Waals surface area contributed by atoms with Crippen molar-refractivity contribution in [3.63, 3.8) is 0 Å². The third-order valence-corrected chi connectivity index (χ3v) is 5.83. The quantitative estimate of drug-likeness (QED) is 0.453. The lowest BCUT2D eigenvalue weighted by Crippen LogP contribution is -2.22. The second-order valence-corrected chi connectivity index (χ2v) is 8.20. The third-order valence-electron chi connectivity index (χ3n) is 5.38. The molecule has 6 heteroatoms. The fourth-order valence-corrected chi connectivity index (χ4v) is 4.47. The van der Waals surface area contributed by atoms with Crippen molar-refractivity contribution in [1.29, 1.82) is 0 Å². The van der Waals surface area contributed by atoms with E-state index in [2.05, 4.69) is 40.2 Å². The Labute approximate surface area is 174 Å². The summed E-state index contributed by atoms with van der Waals surface area (Å²) >= 11 is 3.52. The Balaban J connectivity index is 1.56. The van der Waals surface area contributed by atoms with Gasteiger partial charge >= 0.3 is 6.18 Å². The first-order chi connectivity index (χ1) is 13.8. The van der Waals surface area contributed by atoms with Crippen molar-refractivity contribution >= 4 is 27.3 Å². The molecule has 0 bridgehead atoms. The lowest BCUT2D eigenvalue weighted by Gasteiger charge is -2.24. The molecule has 1 atom stereocenters. The molecule has 0 saturated heterocycles. The average molecular weight is 458 g/mol. The van der Waals surface area contributed by atoms with Gasteiger partial charge in [-0.2, -0.15) is 13.2 Å². The normalized spacial score (nSPS) is 21.7. The summed E-state index contributed by atoms with van der Waals surface area (Å²) in [5.74, 6) is 1.65. The van der Waals surface area contributed by atoms with Gasteiger partial charge in [0.15, 0.2) is 0 Å². The average Bonchev–Trinajstić information content (AvgIpc) is 2.91. The molecule has 1 unspecified atom stereocenters. The highest BCUT2D eigenvalue weighted by Gasteiger charge is 2.45. The minimum Gasteiger partial charge on any atom is -0.460 e. The maximum Gasteiger partial charge on any atom is 0.416 e. The molecule has 2 aromatic carbocycles. The molecule has 1 aliphatic carbocycles. The number of alkyl halides is 3. The summed E-state index contributed by atoms with van der Waals surface area (Å²) in [4.78, 5) is 4.84. The van der Waals surface area contributed by atoms with Crippen molar-refractivity contribution in [2.24, 2.45) is 4.99 Å². The SMILES string of the molecule is FC(F)(F)c1ccc(CC2=Nc3cc(Br)cc4c3C3(C=CCC=C3O4)C=C2)cc1. The van der Waals surface area contributed by atoms with Crippen molar-refractivity contribution in [2.75, 3.05) is 0 Å². The molecule has 2 aromatic rings. The van der Waals surface area contributed by atoms with Crippen LogP contribution in [0.15, 0.2) is 82.0 Å². The molecule has 2 aliphatic heterocycles. The second kappa shape index (κ2) is 6.46. The summed E-state index contributed by atoms with van der Waals surface area (Å²) in [5, 5.41) is 0. The number of benzene rings is 2. The number of aliphatic imine (C=N–C) groups is 1. The number of hydrogen-bond acceptors (Lipinski definition) is 2. The summed E-state index contributed by atoms with van der Waals surface area (Å²) in [6.45, 7) is 0. The van der Waals surface area contributed by atoms with Gasteiger partial charge in [0.05, 0.1) is 16.7 Å². The Hall–Kier alpha value is -2.60. The molecule has 3 aliphatic rings. The fourth-order valence-electron chi connectivity index (χ4n) is 4.04. The highest BCUT2D eigenvalue weighted by Crippen LogP contribution is 2.55. The van der Waals surface area contributed by atoms with Crippen LogP contribution in [0.25, 0.3) is 0 Å². The van der Waals surface area contributed by atoms with Crippen molar-refractivity contribution in [3.05, 3.63) is 93.7 Å². The van der Waals surface area contributed by atoms with Crippen LogP contribution in [0.5, 0.6) is 5.75 Å². The molecule has 5 rings (SSSR count). The van der Waals surface area contributed by atoms with Gasteiger partial charge in [-0.1, -0.05) is 46.3 Å². The Bertz CT molecular complexity index is 1130. The molecule has 0 N–H and O–H groups in total. The number of halogens is 4. The summed E-state index contributed by atoms with van der Waals surface area (Å²) in [7, 11) is 0. The minimum atomic E-state index is -4.33. The molecule has 0 radical (unpaired) electrons. The number of ether oxygens (including phenoxy) is 1. The molecular weight excluding hydrogens is 443 g/mol. The number of rotatable bonds is 2. The smallest absolute Gasteiger partial charge is 0.416 e. The topological polar surface area (TPSA) is 21.6 Å². The summed E-state index contributed by atoms with van der Waals surface area (Å²) < 4.78 is 45.4. The standard InChI is InChI=1S/C23H15BrF3NO/c24-16-12-18-21-19(13-16)29-20-3-1-2-9-22(20,21)10-8-17(28-18)11-14-4-6-15(7-5-14)23(25,26)27/h2-10,12-13H,1,11H2. The molecule has 2 nitrogen and oxygen atoms in total. The Morgan fingerprint density at radius 3 is 2.66 bits per heavy atom. The zero-order chi connectivity index (χ0) is 20.2. The molecule has 0 amide bonds. The molecule has 0 fully saturated rings. The maximum absolute atomic E-state index is 12.8. The molecule has 146 valence electrons. The van der Waals surface area contributed by atoms with Crippen molar-refractivity contribution in [2.45, 2.75) is 24.4 Å². The van der Waals surface area contributed by atoms with Crippen LogP contribution >= 0.6 is 15.9 Å². The summed E-state index contributed by atoms with van der Waals surface area (Å²) in [6, 6.07) is 9.14. The van der Waals surface area contributed by atoms with Crippen molar-refractivity contribution < 1.29 is 17.9 Å². The monoisotopic (exact) mass is 457 g/mol. The molecule has 1 spiro atoms. The zero-order valence-corrected chi connectivity index (χ0v) is 16.7. The molecule has 0 saturated carbocycles. The van der Waals surface area contributed by atoms with E-state index in [0.717, 1.165) is 57.1 Å². The van der Waals surface area contributed by atoms with E-state index in [4.69, 9.17) is 9.73 Å². The molecule has 29 heavy (non-hydrogen) atoms. The number of hydrogen-bond donors (Lipinski definition) is 0. The van der Waals surface area contributed by atoms with Crippen LogP contribution in [0.3, 0.4) is 0 Å². The van der Waals surface area contributed by atoms with Gasteiger partial charge in [-0.15, -0.1) is 0 Å². The third kappa shape index (κ3) is 3.06. The number of allylic oxidation sites excluding steroid dienone is 4. The van der Waals surface area contributed by atoms with Gasteiger partial charge in [-0.3, -0.25) is 4.99 Å². The van der Waals surface area contributed by atoms with Crippen LogP contribution in [-0.2, 0) is 18.0 Å². The maximum atomic E-state index is 12.8. The molecule has 0 aromatic heterocycles. The first kappa shape index (κ1) is 18.4. The lowest BCUT2D eigenvalue weighted by molar-refractivity contribution is -0.137. The Morgan fingerprint density at radius 2 is 1.90 bits per heavy atom. The van der Waals surface area contributed by atoms with Gasteiger partial charge in [-0.05, 0) is 48.4 Å². The van der Waals surface area contributed by atoms with Gasteiger partial charge in [0, 0.05) is 22.2 Å². The van der Waals surface area contributed by atoms with Crippen LogP contribution in [0, 0.1) is 0 Å². The van der Waals surface area contributed by atoms with Gasteiger partial charge in [0.25, 0.3) is 0 Å². The Morgan fingerprint density at radius 1 is 1.10 bits per heavy atom. The lowest BCUT2D eigenvalue weighted by atomic mass is 9.76.